The fraction of sp³-hybridized carbons (Fsp3) is 0.833. The van der Waals surface area contributed by atoms with E-state index in [2.05, 4.69) is 5.32 Å². The van der Waals surface area contributed by atoms with E-state index in [1.165, 1.54) is 0 Å². The highest BCUT2D eigenvalue weighted by Crippen LogP contribution is 2.30. The van der Waals surface area contributed by atoms with Crippen LogP contribution in [0.5, 0.6) is 0 Å². The fourth-order valence-corrected chi connectivity index (χ4v) is 1.50. The van der Waals surface area contributed by atoms with Gasteiger partial charge in [0.05, 0.1) is 6.04 Å². The maximum Gasteiger partial charge on any atom is 0.250 e. The third kappa shape index (κ3) is 2.48. The maximum absolute atomic E-state index is 11.2. The first-order chi connectivity index (χ1) is 5.02. The van der Waals surface area contributed by atoms with Crippen LogP contribution in [0.2, 0.25) is 0 Å². The van der Waals surface area contributed by atoms with Gasteiger partial charge in [-0.1, -0.05) is 34.8 Å². The molecule has 0 aromatic carbocycles. The summed E-state index contributed by atoms with van der Waals surface area (Å²) in [6.45, 7) is 0.831. The van der Waals surface area contributed by atoms with E-state index in [-0.39, 0.29) is 11.8 Å². The predicted molar refractivity (Wildman–Crippen MR) is 46.3 cm³/mol. The minimum absolute atomic E-state index is 0.262. The highest BCUT2D eigenvalue weighted by molar-refractivity contribution is 6.76. The monoisotopic (exact) mass is 215 g/mol. The second-order valence-electron chi connectivity index (χ2n) is 2.51. The summed E-state index contributed by atoms with van der Waals surface area (Å²) in [5, 5.41) is 2.96. The molecule has 1 fully saturated rings. The summed E-state index contributed by atoms with van der Waals surface area (Å²) in [6, 6.07) is -0.262. The van der Waals surface area contributed by atoms with Crippen molar-refractivity contribution >= 4 is 40.6 Å². The van der Waals surface area contributed by atoms with E-state index in [4.69, 9.17) is 34.8 Å². The van der Waals surface area contributed by atoms with Crippen molar-refractivity contribution in [2.45, 2.75) is 22.7 Å². The summed E-state index contributed by atoms with van der Waals surface area (Å²) in [7, 11) is 0. The maximum atomic E-state index is 11.2. The molecule has 1 saturated heterocycles. The van der Waals surface area contributed by atoms with Crippen LogP contribution in [0.25, 0.3) is 0 Å². The van der Waals surface area contributed by atoms with E-state index in [1.54, 1.807) is 0 Å². The lowest BCUT2D eigenvalue weighted by Gasteiger charge is -2.14. The molecule has 5 heteroatoms. The summed E-state index contributed by atoms with van der Waals surface area (Å²) >= 11 is 16.2. The minimum Gasteiger partial charge on any atom is -0.307 e. The topological polar surface area (TPSA) is 29.1 Å². The SMILES string of the molecule is O=C([C@@H]1CCCN1)C(Cl)(Cl)Cl. The first kappa shape index (κ1) is 9.59. The van der Waals surface area contributed by atoms with E-state index < -0.39 is 3.79 Å². The van der Waals surface area contributed by atoms with Gasteiger partial charge in [0.2, 0.25) is 9.58 Å². The van der Waals surface area contributed by atoms with Crippen LogP contribution >= 0.6 is 34.8 Å². The molecule has 1 atom stereocenters. The molecular weight excluding hydrogens is 208 g/mol. The smallest absolute Gasteiger partial charge is 0.250 e. The number of hydrogen-bond acceptors (Lipinski definition) is 2. The van der Waals surface area contributed by atoms with Crippen LogP contribution in [0, 0.1) is 0 Å². The number of carbonyl (C=O) groups excluding carboxylic acids is 1. The van der Waals surface area contributed by atoms with Gasteiger partial charge in [-0.15, -0.1) is 0 Å². The van der Waals surface area contributed by atoms with Crippen LogP contribution in [0.4, 0.5) is 0 Å². The van der Waals surface area contributed by atoms with Gasteiger partial charge in [-0.05, 0) is 19.4 Å². The van der Waals surface area contributed by atoms with Crippen LogP contribution in [0.3, 0.4) is 0 Å². The van der Waals surface area contributed by atoms with Crippen molar-refractivity contribution in [1.29, 1.82) is 0 Å². The first-order valence-corrected chi connectivity index (χ1v) is 4.49. The molecule has 0 amide bonds. The summed E-state index contributed by atoms with van der Waals surface area (Å²) in [4.78, 5) is 11.2. The molecule has 0 unspecified atom stereocenters. The van der Waals surface area contributed by atoms with Gasteiger partial charge >= 0.3 is 0 Å². The number of carbonyl (C=O) groups is 1. The summed E-state index contributed by atoms with van der Waals surface area (Å²) in [5.74, 6) is -0.347. The fourth-order valence-electron chi connectivity index (χ4n) is 1.11. The molecule has 1 heterocycles. The predicted octanol–water partition coefficient (Wildman–Crippen LogP) is 1.68. The molecule has 11 heavy (non-hydrogen) atoms. The minimum atomic E-state index is -1.76. The molecule has 0 aliphatic carbocycles. The molecule has 2 nitrogen and oxygen atoms in total. The van der Waals surface area contributed by atoms with Gasteiger partial charge in [-0.3, -0.25) is 4.79 Å². The van der Waals surface area contributed by atoms with Crippen LogP contribution < -0.4 is 5.32 Å². The van der Waals surface area contributed by atoms with Gasteiger partial charge in [-0.25, -0.2) is 0 Å². The summed E-state index contributed by atoms with van der Waals surface area (Å²) < 4.78 is -1.76. The van der Waals surface area contributed by atoms with E-state index in [9.17, 15) is 4.79 Å². The Labute approximate surface area is 80.2 Å². The Morgan fingerprint density at radius 2 is 2.09 bits per heavy atom. The van der Waals surface area contributed by atoms with Gasteiger partial charge in [0.15, 0.2) is 0 Å². The Morgan fingerprint density at radius 3 is 2.45 bits per heavy atom. The van der Waals surface area contributed by atoms with Crippen LogP contribution in [-0.2, 0) is 4.79 Å². The third-order valence-corrected chi connectivity index (χ3v) is 2.21. The lowest BCUT2D eigenvalue weighted by atomic mass is 10.1. The quantitative estimate of drug-likeness (QED) is 0.676. The number of ketones is 1. The van der Waals surface area contributed by atoms with E-state index >= 15 is 0 Å². The van der Waals surface area contributed by atoms with Crippen molar-refractivity contribution in [2.24, 2.45) is 0 Å². The molecule has 0 bridgehead atoms. The van der Waals surface area contributed by atoms with E-state index in [0.29, 0.717) is 0 Å². The van der Waals surface area contributed by atoms with Crippen LogP contribution in [0.15, 0.2) is 0 Å². The second-order valence-corrected chi connectivity index (χ2v) is 4.79. The molecule has 1 aliphatic heterocycles. The van der Waals surface area contributed by atoms with Crippen molar-refractivity contribution in [3.8, 4) is 0 Å². The van der Waals surface area contributed by atoms with E-state index in [1.807, 2.05) is 0 Å². The standard InChI is InChI=1S/C6H8Cl3NO/c7-6(8,9)5(11)4-2-1-3-10-4/h4,10H,1-3H2/t4-/m0/s1. The Bertz CT molecular complexity index is 160. The molecular formula is C6H8Cl3NO. The summed E-state index contributed by atoms with van der Waals surface area (Å²) in [5.41, 5.74) is 0. The van der Waals surface area contributed by atoms with Crippen molar-refractivity contribution in [2.75, 3.05) is 6.54 Å². The van der Waals surface area contributed by atoms with Crippen molar-refractivity contribution in [3.63, 3.8) is 0 Å². The van der Waals surface area contributed by atoms with Crippen molar-refractivity contribution in [3.05, 3.63) is 0 Å². The number of nitrogens with one attached hydrogen (secondary N) is 1. The first-order valence-electron chi connectivity index (χ1n) is 3.36. The van der Waals surface area contributed by atoms with Crippen LogP contribution in [-0.4, -0.2) is 22.2 Å². The lowest BCUT2D eigenvalue weighted by Crippen LogP contribution is -2.38. The molecule has 0 aromatic rings. The van der Waals surface area contributed by atoms with Crippen LogP contribution in [0.1, 0.15) is 12.8 Å². The van der Waals surface area contributed by atoms with Crippen molar-refractivity contribution < 1.29 is 4.79 Å². The molecule has 1 N–H and O–H groups in total. The zero-order chi connectivity index (χ0) is 8.48. The molecule has 0 radical (unpaired) electrons. The van der Waals surface area contributed by atoms with Gasteiger partial charge in [0.1, 0.15) is 0 Å². The molecule has 1 rings (SSSR count). The molecule has 1 aliphatic rings. The molecule has 0 saturated carbocycles. The Balaban J connectivity index is 2.53. The lowest BCUT2D eigenvalue weighted by molar-refractivity contribution is -0.119. The zero-order valence-corrected chi connectivity index (χ0v) is 8.01. The Hall–Kier alpha value is 0.500. The molecule has 64 valence electrons. The molecule has 0 spiro atoms. The highest BCUT2D eigenvalue weighted by atomic mass is 35.6. The summed E-state index contributed by atoms with van der Waals surface area (Å²) in [6.07, 6.45) is 1.74. The van der Waals surface area contributed by atoms with Gasteiger partial charge in [-0.2, -0.15) is 0 Å². The number of rotatable bonds is 1. The third-order valence-electron chi connectivity index (χ3n) is 1.66. The van der Waals surface area contributed by atoms with E-state index in [0.717, 1.165) is 19.4 Å². The number of Topliss-reactive ketones (excluding diaryl/α,β-unsaturated/α-hetero) is 1. The Morgan fingerprint density at radius 1 is 1.45 bits per heavy atom. The van der Waals surface area contributed by atoms with Gasteiger partial charge in [0.25, 0.3) is 0 Å². The number of alkyl halides is 3. The average molecular weight is 216 g/mol. The second kappa shape index (κ2) is 3.48. The number of hydrogen-bond donors (Lipinski definition) is 1. The molecule has 0 aromatic heterocycles. The highest BCUT2D eigenvalue weighted by Gasteiger charge is 2.37. The largest absolute Gasteiger partial charge is 0.307 e. The van der Waals surface area contributed by atoms with Gasteiger partial charge in [0, 0.05) is 0 Å². The zero-order valence-electron chi connectivity index (χ0n) is 5.74. The van der Waals surface area contributed by atoms with Crippen molar-refractivity contribution in [1.82, 2.24) is 5.32 Å². The normalized spacial score (nSPS) is 25.5. The Kier molecular flexibility index (Phi) is 3.03. The van der Waals surface area contributed by atoms with Gasteiger partial charge < -0.3 is 5.32 Å². The number of halogens is 3. The average Bonchev–Trinajstić information content (AvgIpc) is 2.34.